The van der Waals surface area contributed by atoms with E-state index in [2.05, 4.69) is 0 Å². The summed E-state index contributed by atoms with van der Waals surface area (Å²) >= 11 is 0. The van der Waals surface area contributed by atoms with Gasteiger partial charge in [-0.05, 0) is 45.0 Å². The third-order valence-corrected chi connectivity index (χ3v) is 1.89. The quantitative estimate of drug-likeness (QED) is 0.339. The SMILES string of the molecule is CC(=O)c1ccc(OC(=O)C=C(C)C)cc1. The summed E-state index contributed by atoms with van der Waals surface area (Å²) in [6.07, 6.45) is 1.42. The van der Waals surface area contributed by atoms with Crippen LogP contribution in [0.2, 0.25) is 0 Å². The second kappa shape index (κ2) is 5.26. The molecule has 3 heteroatoms. The molecule has 1 aromatic carbocycles. The Morgan fingerprint density at radius 1 is 1.06 bits per heavy atom. The highest BCUT2D eigenvalue weighted by Gasteiger charge is 2.02. The van der Waals surface area contributed by atoms with Crippen molar-refractivity contribution in [2.24, 2.45) is 0 Å². The standard InChI is InChI=1S/C13H14O3/c1-9(2)8-13(15)16-12-6-4-11(5-7-12)10(3)14/h4-8H,1-3H3. The number of allylic oxidation sites excluding steroid dienone is 1. The molecule has 0 bridgehead atoms. The number of hydrogen-bond donors (Lipinski definition) is 0. The lowest BCUT2D eigenvalue weighted by Crippen LogP contribution is -2.04. The summed E-state index contributed by atoms with van der Waals surface area (Å²) < 4.78 is 5.03. The fourth-order valence-electron chi connectivity index (χ4n) is 1.14. The lowest BCUT2D eigenvalue weighted by Gasteiger charge is -2.02. The first kappa shape index (κ1) is 12.2. The van der Waals surface area contributed by atoms with Gasteiger partial charge < -0.3 is 4.74 Å². The van der Waals surface area contributed by atoms with E-state index < -0.39 is 5.97 Å². The number of benzene rings is 1. The molecule has 0 saturated heterocycles. The summed E-state index contributed by atoms with van der Waals surface area (Å²) in [5.74, 6) is 0.0188. The minimum Gasteiger partial charge on any atom is -0.423 e. The third-order valence-electron chi connectivity index (χ3n) is 1.89. The molecular formula is C13H14O3. The summed E-state index contributed by atoms with van der Waals surface area (Å²) in [6, 6.07) is 6.47. The van der Waals surface area contributed by atoms with Gasteiger partial charge in [-0.2, -0.15) is 0 Å². The Balaban J connectivity index is 2.73. The minimum absolute atomic E-state index is 0.0119. The largest absolute Gasteiger partial charge is 0.423 e. The zero-order valence-corrected chi connectivity index (χ0v) is 9.61. The normalized spacial score (nSPS) is 9.44. The molecule has 0 N–H and O–H groups in total. The number of esters is 1. The monoisotopic (exact) mass is 218 g/mol. The predicted molar refractivity (Wildman–Crippen MR) is 61.5 cm³/mol. The van der Waals surface area contributed by atoms with Crippen LogP contribution in [0, 0.1) is 0 Å². The molecule has 0 aromatic heterocycles. The van der Waals surface area contributed by atoms with E-state index in [1.807, 2.05) is 13.8 Å². The molecular weight excluding hydrogens is 204 g/mol. The molecule has 3 nitrogen and oxygen atoms in total. The first-order valence-corrected chi connectivity index (χ1v) is 4.97. The van der Waals surface area contributed by atoms with Crippen LogP contribution >= 0.6 is 0 Å². The van der Waals surface area contributed by atoms with E-state index in [4.69, 9.17) is 4.74 Å². The summed E-state index contributed by atoms with van der Waals surface area (Å²) in [7, 11) is 0. The molecule has 1 rings (SSSR count). The van der Waals surface area contributed by atoms with E-state index in [-0.39, 0.29) is 5.78 Å². The number of carbonyl (C=O) groups excluding carboxylic acids is 2. The van der Waals surface area contributed by atoms with Crippen molar-refractivity contribution in [3.05, 3.63) is 41.5 Å². The number of ketones is 1. The van der Waals surface area contributed by atoms with Gasteiger partial charge in [-0.25, -0.2) is 4.79 Å². The molecule has 0 spiro atoms. The van der Waals surface area contributed by atoms with E-state index in [1.165, 1.54) is 13.0 Å². The first-order valence-electron chi connectivity index (χ1n) is 4.97. The first-order chi connectivity index (χ1) is 7.49. The highest BCUT2D eigenvalue weighted by atomic mass is 16.5. The van der Waals surface area contributed by atoms with Gasteiger partial charge in [0.2, 0.25) is 0 Å². The molecule has 0 heterocycles. The molecule has 0 amide bonds. The summed E-state index contributed by atoms with van der Waals surface area (Å²) in [5.41, 5.74) is 1.48. The van der Waals surface area contributed by atoms with Gasteiger partial charge in [0.25, 0.3) is 0 Å². The predicted octanol–water partition coefficient (Wildman–Crippen LogP) is 2.76. The molecule has 84 valence electrons. The Labute approximate surface area is 94.7 Å². The topological polar surface area (TPSA) is 43.4 Å². The van der Waals surface area contributed by atoms with Crippen molar-refractivity contribution in [2.75, 3.05) is 0 Å². The average Bonchev–Trinajstić information content (AvgIpc) is 2.16. The van der Waals surface area contributed by atoms with Crippen molar-refractivity contribution in [3.63, 3.8) is 0 Å². The summed E-state index contributed by atoms with van der Waals surface area (Å²) in [4.78, 5) is 22.3. The number of Topliss-reactive ketones (excluding diaryl/α,β-unsaturated/α-hetero) is 1. The zero-order chi connectivity index (χ0) is 12.1. The molecule has 0 radical (unpaired) electrons. The molecule has 0 aliphatic carbocycles. The van der Waals surface area contributed by atoms with Crippen molar-refractivity contribution in [1.82, 2.24) is 0 Å². The number of rotatable bonds is 3. The van der Waals surface area contributed by atoms with Crippen molar-refractivity contribution in [1.29, 1.82) is 0 Å². The van der Waals surface area contributed by atoms with Crippen LogP contribution in [-0.2, 0) is 4.79 Å². The lowest BCUT2D eigenvalue weighted by atomic mass is 10.1. The van der Waals surface area contributed by atoms with Gasteiger partial charge in [0, 0.05) is 11.6 Å². The zero-order valence-electron chi connectivity index (χ0n) is 9.61. The molecule has 0 atom stereocenters. The number of ether oxygens (including phenoxy) is 1. The summed E-state index contributed by atoms with van der Waals surface area (Å²) in [6.45, 7) is 5.13. The van der Waals surface area contributed by atoms with E-state index in [9.17, 15) is 9.59 Å². The van der Waals surface area contributed by atoms with Crippen LogP contribution in [0.4, 0.5) is 0 Å². The second-order valence-electron chi connectivity index (χ2n) is 3.72. The van der Waals surface area contributed by atoms with Crippen LogP contribution in [0.5, 0.6) is 5.75 Å². The molecule has 0 aliphatic heterocycles. The fourth-order valence-corrected chi connectivity index (χ4v) is 1.14. The van der Waals surface area contributed by atoms with Crippen molar-refractivity contribution in [2.45, 2.75) is 20.8 Å². The molecule has 0 saturated carbocycles. The fraction of sp³-hybridized carbons (Fsp3) is 0.231. The van der Waals surface area contributed by atoms with Crippen molar-refractivity contribution in [3.8, 4) is 5.75 Å². The van der Waals surface area contributed by atoms with Crippen LogP contribution < -0.4 is 4.74 Å². The van der Waals surface area contributed by atoms with Crippen LogP contribution in [0.25, 0.3) is 0 Å². The highest BCUT2D eigenvalue weighted by molar-refractivity contribution is 5.94. The number of hydrogen-bond acceptors (Lipinski definition) is 3. The van der Waals surface area contributed by atoms with E-state index in [0.29, 0.717) is 11.3 Å². The van der Waals surface area contributed by atoms with Crippen molar-refractivity contribution >= 4 is 11.8 Å². The Morgan fingerprint density at radius 2 is 1.62 bits per heavy atom. The maximum atomic E-state index is 11.3. The van der Waals surface area contributed by atoms with E-state index in [1.54, 1.807) is 24.3 Å². The smallest absolute Gasteiger partial charge is 0.336 e. The Kier molecular flexibility index (Phi) is 4.00. The average molecular weight is 218 g/mol. The van der Waals surface area contributed by atoms with Gasteiger partial charge in [-0.3, -0.25) is 4.79 Å². The third kappa shape index (κ3) is 3.69. The maximum absolute atomic E-state index is 11.3. The molecule has 16 heavy (non-hydrogen) atoms. The van der Waals surface area contributed by atoms with Crippen molar-refractivity contribution < 1.29 is 14.3 Å². The van der Waals surface area contributed by atoms with E-state index in [0.717, 1.165) is 5.57 Å². The van der Waals surface area contributed by atoms with E-state index >= 15 is 0 Å². The van der Waals surface area contributed by atoms with Gasteiger partial charge >= 0.3 is 5.97 Å². The number of carbonyl (C=O) groups is 2. The maximum Gasteiger partial charge on any atom is 0.336 e. The van der Waals surface area contributed by atoms with Gasteiger partial charge in [0.05, 0.1) is 0 Å². The molecule has 1 aromatic rings. The molecule has 0 aliphatic rings. The lowest BCUT2D eigenvalue weighted by molar-refractivity contribution is -0.129. The molecule has 0 unspecified atom stereocenters. The van der Waals surface area contributed by atoms with Crippen LogP contribution in [0.15, 0.2) is 35.9 Å². The van der Waals surface area contributed by atoms with Crippen LogP contribution in [0.3, 0.4) is 0 Å². The van der Waals surface area contributed by atoms with Gasteiger partial charge in [0.15, 0.2) is 5.78 Å². The Morgan fingerprint density at radius 3 is 2.06 bits per heavy atom. The molecule has 0 fully saturated rings. The Hall–Kier alpha value is -1.90. The Bertz CT molecular complexity index is 423. The van der Waals surface area contributed by atoms with Gasteiger partial charge in [0.1, 0.15) is 5.75 Å². The van der Waals surface area contributed by atoms with Gasteiger partial charge in [-0.15, -0.1) is 0 Å². The van der Waals surface area contributed by atoms with Crippen LogP contribution in [0.1, 0.15) is 31.1 Å². The van der Waals surface area contributed by atoms with Gasteiger partial charge in [-0.1, -0.05) is 5.57 Å². The van der Waals surface area contributed by atoms with Crippen LogP contribution in [-0.4, -0.2) is 11.8 Å². The highest BCUT2D eigenvalue weighted by Crippen LogP contribution is 2.13. The second-order valence-corrected chi connectivity index (χ2v) is 3.72. The minimum atomic E-state index is -0.407. The summed E-state index contributed by atoms with van der Waals surface area (Å²) in [5, 5.41) is 0.